The lowest BCUT2D eigenvalue weighted by Crippen LogP contribution is -2.60. The molecule has 2 aliphatic rings. The van der Waals surface area contributed by atoms with Gasteiger partial charge in [-0.25, -0.2) is 9.59 Å². The molecule has 38 heavy (non-hydrogen) atoms. The van der Waals surface area contributed by atoms with Crippen LogP contribution in [0.5, 0.6) is 0 Å². The molecule has 4 N–H and O–H groups in total. The van der Waals surface area contributed by atoms with Gasteiger partial charge in [0.15, 0.2) is 6.29 Å². The molecule has 1 saturated heterocycles. The summed E-state index contributed by atoms with van der Waals surface area (Å²) in [5, 5.41) is 40.7. The Labute approximate surface area is 218 Å². The number of methoxy groups -OCH3 is 1. The number of hydrogen-bond donors (Lipinski definition) is 4. The average molecular weight is 535 g/mol. The fourth-order valence-corrected chi connectivity index (χ4v) is 4.07. The molecule has 12 heteroatoms. The van der Waals surface area contributed by atoms with Crippen LogP contribution in [-0.2, 0) is 38.1 Å². The van der Waals surface area contributed by atoms with Crippen molar-refractivity contribution in [3.63, 3.8) is 0 Å². The van der Waals surface area contributed by atoms with Crippen LogP contribution in [0.2, 0.25) is 0 Å². The number of carbonyl (C=O) groups is 3. The molecule has 0 amide bonds. The van der Waals surface area contributed by atoms with Gasteiger partial charge in [-0.15, -0.1) is 6.58 Å². The SMILES string of the molecule is C=C[C@H]1[C@H](O[C@@H]2O[C@H](COC(=O)/C=C/c3ccccc3)[C@@H](O)[C@H](O)[C@H]2O)OC=C(C(=O)O)[C@H]1CC(=O)OC. The Morgan fingerprint density at radius 3 is 2.39 bits per heavy atom. The number of esters is 2. The second kappa shape index (κ2) is 13.3. The molecule has 1 fully saturated rings. The van der Waals surface area contributed by atoms with Gasteiger partial charge < -0.3 is 44.1 Å². The Balaban J connectivity index is 1.69. The van der Waals surface area contributed by atoms with E-state index in [1.54, 1.807) is 24.3 Å². The fourth-order valence-electron chi connectivity index (χ4n) is 4.07. The Bertz CT molecular complexity index is 1050. The van der Waals surface area contributed by atoms with Gasteiger partial charge in [0.2, 0.25) is 6.29 Å². The van der Waals surface area contributed by atoms with Crippen LogP contribution in [0.15, 0.2) is 60.9 Å². The van der Waals surface area contributed by atoms with Crippen molar-refractivity contribution in [2.45, 2.75) is 43.4 Å². The molecule has 0 bridgehead atoms. The molecule has 12 nitrogen and oxygen atoms in total. The highest BCUT2D eigenvalue weighted by atomic mass is 16.8. The summed E-state index contributed by atoms with van der Waals surface area (Å²) in [6.07, 6.45) is -4.62. The van der Waals surface area contributed by atoms with Crippen molar-refractivity contribution in [2.75, 3.05) is 13.7 Å². The van der Waals surface area contributed by atoms with E-state index in [-0.39, 0.29) is 12.0 Å². The minimum atomic E-state index is -1.74. The number of ether oxygens (including phenoxy) is 5. The van der Waals surface area contributed by atoms with Crippen LogP contribution in [0.25, 0.3) is 6.08 Å². The third kappa shape index (κ3) is 7.05. The van der Waals surface area contributed by atoms with Gasteiger partial charge >= 0.3 is 17.9 Å². The maximum Gasteiger partial charge on any atom is 0.335 e. The molecular formula is C26H30O12. The summed E-state index contributed by atoms with van der Waals surface area (Å²) in [5.41, 5.74) is 0.550. The third-order valence-electron chi connectivity index (χ3n) is 6.18. The topological polar surface area (TPSA) is 178 Å². The standard InChI is InChI=1S/C26H30O12/c1-3-15-16(11-20(28)34-2)17(24(32)33)12-36-25(15)38-26-23(31)22(30)21(29)18(37-26)13-35-19(27)10-9-14-7-5-4-6-8-14/h3-10,12,15-16,18,21-23,25-26,29-31H,1,11,13H2,2H3,(H,32,33)/b10-9+/t15-,16+,18-,21-,22+,23-,25+,26+/m1/s1. The molecule has 2 aliphatic heterocycles. The van der Waals surface area contributed by atoms with Crippen LogP contribution in [0.1, 0.15) is 12.0 Å². The van der Waals surface area contributed by atoms with Gasteiger partial charge in [-0.3, -0.25) is 4.79 Å². The summed E-state index contributed by atoms with van der Waals surface area (Å²) in [7, 11) is 1.16. The zero-order valence-corrected chi connectivity index (χ0v) is 20.5. The van der Waals surface area contributed by atoms with Crippen LogP contribution >= 0.6 is 0 Å². The maximum absolute atomic E-state index is 12.1. The second-order valence-electron chi connectivity index (χ2n) is 8.61. The van der Waals surface area contributed by atoms with E-state index in [4.69, 9.17) is 18.9 Å². The van der Waals surface area contributed by atoms with Gasteiger partial charge in [0, 0.05) is 17.9 Å². The largest absolute Gasteiger partial charge is 0.478 e. The number of carboxylic acids is 1. The minimum Gasteiger partial charge on any atom is -0.478 e. The molecule has 0 aliphatic carbocycles. The molecule has 3 rings (SSSR count). The molecule has 0 radical (unpaired) electrons. The van der Waals surface area contributed by atoms with E-state index in [0.29, 0.717) is 0 Å². The minimum absolute atomic E-state index is 0.214. The quantitative estimate of drug-likeness (QED) is 0.184. The summed E-state index contributed by atoms with van der Waals surface area (Å²) in [5.74, 6) is -4.57. The monoisotopic (exact) mass is 534 g/mol. The Hall–Kier alpha value is -3.55. The molecule has 206 valence electrons. The van der Waals surface area contributed by atoms with Crippen molar-refractivity contribution >= 4 is 24.0 Å². The van der Waals surface area contributed by atoms with Gasteiger partial charge in [-0.2, -0.15) is 0 Å². The molecule has 1 aromatic carbocycles. The average Bonchev–Trinajstić information content (AvgIpc) is 2.91. The number of rotatable bonds is 10. The first-order valence-electron chi connectivity index (χ1n) is 11.7. The molecule has 0 saturated carbocycles. The number of aliphatic hydroxyl groups is 3. The molecule has 1 aromatic rings. The van der Waals surface area contributed by atoms with E-state index < -0.39 is 73.3 Å². The Morgan fingerprint density at radius 2 is 1.76 bits per heavy atom. The summed E-state index contributed by atoms with van der Waals surface area (Å²) < 4.78 is 26.5. The smallest absolute Gasteiger partial charge is 0.335 e. The first kappa shape index (κ1) is 29.0. The predicted octanol–water partition coefficient (Wildman–Crippen LogP) is 0.373. The van der Waals surface area contributed by atoms with Crippen LogP contribution in [0.4, 0.5) is 0 Å². The van der Waals surface area contributed by atoms with Crippen molar-refractivity contribution in [1.82, 2.24) is 0 Å². The second-order valence-corrected chi connectivity index (χ2v) is 8.61. The van der Waals surface area contributed by atoms with E-state index in [2.05, 4.69) is 11.3 Å². The molecule has 0 unspecified atom stereocenters. The van der Waals surface area contributed by atoms with E-state index >= 15 is 0 Å². The zero-order valence-electron chi connectivity index (χ0n) is 20.5. The van der Waals surface area contributed by atoms with Gasteiger partial charge in [-0.1, -0.05) is 36.4 Å². The first-order valence-corrected chi connectivity index (χ1v) is 11.7. The summed E-state index contributed by atoms with van der Waals surface area (Å²) in [4.78, 5) is 35.7. The number of hydrogen-bond acceptors (Lipinski definition) is 11. The van der Waals surface area contributed by atoms with E-state index in [1.165, 1.54) is 18.2 Å². The number of benzene rings is 1. The number of aliphatic hydroxyl groups excluding tert-OH is 3. The van der Waals surface area contributed by atoms with Gasteiger partial charge in [0.1, 0.15) is 31.0 Å². The fraction of sp³-hybridized carbons (Fsp3) is 0.423. The first-order chi connectivity index (χ1) is 18.2. The van der Waals surface area contributed by atoms with Crippen molar-refractivity contribution in [3.8, 4) is 0 Å². The number of carboxylic acid groups (broad SMARTS) is 1. The highest BCUT2D eigenvalue weighted by molar-refractivity contribution is 5.88. The molecule has 8 atom stereocenters. The van der Waals surface area contributed by atoms with Crippen molar-refractivity contribution < 1.29 is 58.5 Å². The van der Waals surface area contributed by atoms with E-state index in [0.717, 1.165) is 18.9 Å². The number of aliphatic carboxylic acids is 1. The Kier molecular flexibility index (Phi) is 10.2. The van der Waals surface area contributed by atoms with Crippen LogP contribution in [-0.4, -0.2) is 89.0 Å². The van der Waals surface area contributed by atoms with Crippen LogP contribution < -0.4 is 0 Å². The van der Waals surface area contributed by atoms with E-state index in [9.17, 15) is 34.8 Å². The van der Waals surface area contributed by atoms with Crippen LogP contribution in [0.3, 0.4) is 0 Å². The highest BCUT2D eigenvalue weighted by Crippen LogP contribution is 2.36. The van der Waals surface area contributed by atoms with E-state index in [1.807, 2.05) is 6.07 Å². The van der Waals surface area contributed by atoms with Gasteiger partial charge in [0.25, 0.3) is 0 Å². The summed E-state index contributed by atoms with van der Waals surface area (Å²) in [6.45, 7) is 3.19. The Morgan fingerprint density at radius 1 is 1.05 bits per heavy atom. The molecule has 2 heterocycles. The van der Waals surface area contributed by atoms with Crippen molar-refractivity contribution in [1.29, 1.82) is 0 Å². The van der Waals surface area contributed by atoms with Gasteiger partial charge in [0.05, 0.1) is 25.4 Å². The number of carbonyl (C=O) groups excluding carboxylic acids is 2. The normalized spacial score (nSPS) is 31.1. The lowest BCUT2D eigenvalue weighted by atomic mass is 9.81. The van der Waals surface area contributed by atoms with Gasteiger partial charge in [-0.05, 0) is 11.6 Å². The van der Waals surface area contributed by atoms with Crippen LogP contribution in [0, 0.1) is 11.8 Å². The molecule has 0 spiro atoms. The summed E-state index contributed by atoms with van der Waals surface area (Å²) in [6, 6.07) is 8.99. The molecular weight excluding hydrogens is 504 g/mol. The summed E-state index contributed by atoms with van der Waals surface area (Å²) >= 11 is 0. The maximum atomic E-state index is 12.1. The zero-order chi connectivity index (χ0) is 27.8. The third-order valence-corrected chi connectivity index (χ3v) is 6.18. The van der Waals surface area contributed by atoms with Crippen molar-refractivity contribution in [2.24, 2.45) is 11.8 Å². The highest BCUT2D eigenvalue weighted by Gasteiger charge is 2.48. The predicted molar refractivity (Wildman–Crippen MR) is 129 cm³/mol. The molecule has 0 aromatic heterocycles. The lowest BCUT2D eigenvalue weighted by Gasteiger charge is -2.43. The van der Waals surface area contributed by atoms with Crippen molar-refractivity contribution in [3.05, 3.63) is 66.5 Å². The lowest BCUT2D eigenvalue weighted by molar-refractivity contribution is -0.339.